The van der Waals surface area contributed by atoms with Gasteiger partial charge < -0.3 is 11.1 Å². The van der Waals surface area contributed by atoms with Gasteiger partial charge in [0.15, 0.2) is 0 Å². The van der Waals surface area contributed by atoms with Crippen LogP contribution in [-0.2, 0) is 11.3 Å². The minimum absolute atomic E-state index is 0.0281. The Morgan fingerprint density at radius 1 is 1.10 bits per heavy atom. The average molecular weight is 418 g/mol. The zero-order valence-corrected chi connectivity index (χ0v) is 17.5. The van der Waals surface area contributed by atoms with Gasteiger partial charge in [0.2, 0.25) is 5.12 Å². The van der Waals surface area contributed by atoms with Gasteiger partial charge in [-0.15, -0.1) is 0 Å². The SMILES string of the molecule is CCSC(=O)C=Cc1cccc(-c2cc(C(=O)Nc3ccncc3)ccc2CN)c1. The van der Waals surface area contributed by atoms with Crippen molar-refractivity contribution in [3.63, 3.8) is 0 Å². The molecule has 1 heterocycles. The summed E-state index contributed by atoms with van der Waals surface area (Å²) >= 11 is 1.27. The van der Waals surface area contributed by atoms with E-state index in [4.69, 9.17) is 5.73 Å². The molecule has 30 heavy (non-hydrogen) atoms. The van der Waals surface area contributed by atoms with E-state index in [1.807, 2.05) is 43.3 Å². The lowest BCUT2D eigenvalue weighted by Gasteiger charge is -2.12. The largest absolute Gasteiger partial charge is 0.326 e. The van der Waals surface area contributed by atoms with Crippen molar-refractivity contribution in [3.8, 4) is 11.1 Å². The van der Waals surface area contributed by atoms with Crippen LogP contribution in [0.1, 0.15) is 28.4 Å². The smallest absolute Gasteiger partial charge is 0.255 e. The molecule has 3 aromatic rings. The first-order chi connectivity index (χ1) is 14.6. The molecule has 0 aliphatic heterocycles. The second-order valence-electron chi connectivity index (χ2n) is 6.48. The number of nitrogens with one attached hydrogen (secondary N) is 1. The fourth-order valence-corrected chi connectivity index (χ4v) is 3.42. The summed E-state index contributed by atoms with van der Waals surface area (Å²) in [5.41, 5.74) is 10.8. The molecule has 0 fully saturated rings. The lowest BCUT2D eigenvalue weighted by Crippen LogP contribution is -2.12. The number of anilines is 1. The molecule has 0 atom stereocenters. The maximum Gasteiger partial charge on any atom is 0.255 e. The molecule has 0 unspecified atom stereocenters. The lowest BCUT2D eigenvalue weighted by molar-refractivity contribution is -0.106. The van der Waals surface area contributed by atoms with E-state index in [1.165, 1.54) is 11.8 Å². The van der Waals surface area contributed by atoms with E-state index in [0.717, 1.165) is 28.0 Å². The lowest BCUT2D eigenvalue weighted by atomic mass is 9.95. The maximum absolute atomic E-state index is 12.7. The third kappa shape index (κ3) is 5.65. The van der Waals surface area contributed by atoms with Crippen molar-refractivity contribution < 1.29 is 9.59 Å². The Kier molecular flexibility index (Phi) is 7.54. The minimum Gasteiger partial charge on any atom is -0.326 e. The van der Waals surface area contributed by atoms with Crippen molar-refractivity contribution in [1.29, 1.82) is 0 Å². The summed E-state index contributed by atoms with van der Waals surface area (Å²) < 4.78 is 0. The number of amides is 1. The first kappa shape index (κ1) is 21.5. The molecular formula is C24H23N3O2S. The number of carbonyl (C=O) groups excluding carboxylic acids is 2. The summed E-state index contributed by atoms with van der Waals surface area (Å²) in [7, 11) is 0. The van der Waals surface area contributed by atoms with Crippen LogP contribution in [0.25, 0.3) is 17.2 Å². The second kappa shape index (κ2) is 10.5. The third-order valence-electron chi connectivity index (χ3n) is 4.43. The van der Waals surface area contributed by atoms with Crippen molar-refractivity contribution in [2.24, 2.45) is 5.73 Å². The number of rotatable bonds is 7. The molecule has 152 valence electrons. The molecule has 5 nitrogen and oxygen atoms in total. The van der Waals surface area contributed by atoms with Gasteiger partial charge in [-0.25, -0.2) is 0 Å². The number of carbonyl (C=O) groups is 2. The van der Waals surface area contributed by atoms with Gasteiger partial charge in [-0.3, -0.25) is 14.6 Å². The Morgan fingerprint density at radius 3 is 2.63 bits per heavy atom. The van der Waals surface area contributed by atoms with Crippen LogP contribution in [-0.4, -0.2) is 21.8 Å². The Morgan fingerprint density at radius 2 is 1.90 bits per heavy atom. The molecule has 3 rings (SSSR count). The molecule has 1 amide bonds. The van der Waals surface area contributed by atoms with E-state index in [1.54, 1.807) is 42.7 Å². The fraction of sp³-hybridized carbons (Fsp3) is 0.125. The Hall–Kier alpha value is -3.22. The van der Waals surface area contributed by atoms with Gasteiger partial charge in [-0.1, -0.05) is 49.0 Å². The van der Waals surface area contributed by atoms with E-state index >= 15 is 0 Å². The number of nitrogens with two attached hydrogens (primary N) is 1. The number of pyridine rings is 1. The van der Waals surface area contributed by atoms with E-state index in [2.05, 4.69) is 10.3 Å². The summed E-state index contributed by atoms with van der Waals surface area (Å²) in [6.07, 6.45) is 6.63. The molecule has 3 N–H and O–H groups in total. The molecular weight excluding hydrogens is 394 g/mol. The van der Waals surface area contributed by atoms with E-state index in [9.17, 15) is 9.59 Å². The van der Waals surface area contributed by atoms with Crippen molar-refractivity contribution in [2.75, 3.05) is 11.1 Å². The monoisotopic (exact) mass is 417 g/mol. The molecule has 6 heteroatoms. The molecule has 0 saturated carbocycles. The number of thioether (sulfide) groups is 1. The summed E-state index contributed by atoms with van der Waals surface area (Å²) in [5, 5.41) is 2.90. The average Bonchev–Trinajstić information content (AvgIpc) is 2.78. The van der Waals surface area contributed by atoms with Gasteiger partial charge in [-0.2, -0.15) is 0 Å². The highest BCUT2D eigenvalue weighted by Gasteiger charge is 2.11. The van der Waals surface area contributed by atoms with Crippen molar-refractivity contribution in [3.05, 3.63) is 89.8 Å². The van der Waals surface area contributed by atoms with Crippen LogP contribution in [0.2, 0.25) is 0 Å². The Balaban J connectivity index is 1.89. The van der Waals surface area contributed by atoms with Crippen LogP contribution in [0.3, 0.4) is 0 Å². The summed E-state index contributed by atoms with van der Waals surface area (Å²) in [6.45, 7) is 2.30. The highest BCUT2D eigenvalue weighted by atomic mass is 32.2. The van der Waals surface area contributed by atoms with E-state index in [-0.39, 0.29) is 11.0 Å². The van der Waals surface area contributed by atoms with E-state index < -0.39 is 0 Å². The number of aromatic nitrogens is 1. The second-order valence-corrected chi connectivity index (χ2v) is 7.75. The van der Waals surface area contributed by atoms with Crippen LogP contribution < -0.4 is 11.1 Å². The molecule has 0 aliphatic carbocycles. The topological polar surface area (TPSA) is 85.1 Å². The summed E-state index contributed by atoms with van der Waals surface area (Å²) in [4.78, 5) is 28.4. The summed E-state index contributed by atoms with van der Waals surface area (Å²) in [6, 6.07) is 16.8. The molecule has 0 saturated heterocycles. The third-order valence-corrected chi connectivity index (χ3v) is 5.14. The van der Waals surface area contributed by atoms with Gasteiger partial charge in [-0.05, 0) is 64.4 Å². The van der Waals surface area contributed by atoms with Crippen molar-refractivity contribution >= 4 is 34.5 Å². The normalized spacial score (nSPS) is 10.9. The van der Waals surface area contributed by atoms with Crippen molar-refractivity contribution in [2.45, 2.75) is 13.5 Å². The Labute approximate surface area is 180 Å². The maximum atomic E-state index is 12.7. The number of hydrogen-bond acceptors (Lipinski definition) is 5. The van der Waals surface area contributed by atoms with Gasteiger partial charge >= 0.3 is 0 Å². The minimum atomic E-state index is -0.204. The predicted molar refractivity (Wildman–Crippen MR) is 124 cm³/mol. The number of hydrogen-bond donors (Lipinski definition) is 2. The fourth-order valence-electron chi connectivity index (χ4n) is 2.97. The van der Waals surface area contributed by atoms with Crippen LogP contribution in [0.15, 0.2) is 73.1 Å². The van der Waals surface area contributed by atoms with Crippen LogP contribution in [0.5, 0.6) is 0 Å². The quantitative estimate of drug-likeness (QED) is 0.542. The molecule has 2 aromatic carbocycles. The number of nitrogens with zero attached hydrogens (tertiary/aromatic N) is 1. The summed E-state index contributed by atoms with van der Waals surface area (Å²) in [5.74, 6) is 0.543. The van der Waals surface area contributed by atoms with Gasteiger partial charge in [0.25, 0.3) is 5.91 Å². The van der Waals surface area contributed by atoms with Crippen LogP contribution in [0.4, 0.5) is 5.69 Å². The molecule has 0 spiro atoms. The van der Waals surface area contributed by atoms with Gasteiger partial charge in [0.05, 0.1) is 0 Å². The molecule has 0 radical (unpaired) electrons. The standard InChI is InChI=1S/C24H23N3O2S/c1-2-30-23(28)9-6-17-4-3-5-18(14-17)22-15-19(7-8-20(22)16-25)24(29)27-21-10-12-26-13-11-21/h3-15H,2,16,25H2,1H3,(H,26,27,29). The van der Waals surface area contributed by atoms with Crippen molar-refractivity contribution in [1.82, 2.24) is 4.98 Å². The van der Waals surface area contributed by atoms with Crippen LogP contribution in [0, 0.1) is 0 Å². The number of benzene rings is 2. The van der Waals surface area contributed by atoms with Gasteiger partial charge in [0, 0.05) is 30.2 Å². The van der Waals surface area contributed by atoms with Gasteiger partial charge in [0.1, 0.15) is 0 Å². The molecule has 0 aliphatic rings. The first-order valence-electron chi connectivity index (χ1n) is 9.60. The predicted octanol–water partition coefficient (Wildman–Crippen LogP) is 4.75. The molecule has 0 bridgehead atoms. The first-order valence-corrected chi connectivity index (χ1v) is 10.6. The highest BCUT2D eigenvalue weighted by molar-refractivity contribution is 8.14. The highest BCUT2D eigenvalue weighted by Crippen LogP contribution is 2.27. The van der Waals surface area contributed by atoms with E-state index in [0.29, 0.717) is 17.8 Å². The molecule has 1 aromatic heterocycles. The van der Waals surface area contributed by atoms with Crippen LogP contribution >= 0.6 is 11.8 Å². The Bertz CT molecular complexity index is 1070. The zero-order chi connectivity index (χ0) is 21.3. The zero-order valence-electron chi connectivity index (χ0n) is 16.7.